The lowest BCUT2D eigenvalue weighted by Gasteiger charge is -2.18. The smallest absolute Gasteiger partial charge is 0.120 e. The van der Waals surface area contributed by atoms with E-state index in [0.29, 0.717) is 6.61 Å². The minimum atomic E-state index is -0.453. The van der Waals surface area contributed by atoms with Crippen molar-refractivity contribution in [1.82, 2.24) is 5.32 Å². The summed E-state index contributed by atoms with van der Waals surface area (Å²) in [5, 5.41) is 13.6. The summed E-state index contributed by atoms with van der Waals surface area (Å²) in [5.41, 5.74) is 3.34. The highest BCUT2D eigenvalue weighted by molar-refractivity contribution is 5.38. The van der Waals surface area contributed by atoms with Crippen molar-refractivity contribution in [2.45, 2.75) is 32.1 Å². The molecule has 0 amide bonds. The molecule has 2 atom stereocenters. The van der Waals surface area contributed by atoms with Gasteiger partial charge in [-0.3, -0.25) is 0 Å². The Balaban J connectivity index is 1.75. The first-order valence-corrected chi connectivity index (χ1v) is 7.45. The molecule has 0 saturated carbocycles. The highest BCUT2D eigenvalue weighted by atomic mass is 16.5. The van der Waals surface area contributed by atoms with Gasteiger partial charge in [0.1, 0.15) is 12.4 Å². The topological polar surface area (TPSA) is 41.5 Å². The summed E-state index contributed by atoms with van der Waals surface area (Å²) in [4.78, 5) is 0. The van der Waals surface area contributed by atoms with Gasteiger partial charge in [-0.1, -0.05) is 36.4 Å². The van der Waals surface area contributed by atoms with E-state index in [0.717, 1.165) is 29.8 Å². The highest BCUT2D eigenvalue weighted by Gasteiger charge is 2.22. The van der Waals surface area contributed by atoms with Gasteiger partial charge in [-0.15, -0.1) is 0 Å². The molecule has 1 heterocycles. The molecule has 110 valence electrons. The van der Waals surface area contributed by atoms with Crippen molar-refractivity contribution in [3.8, 4) is 5.75 Å². The van der Waals surface area contributed by atoms with E-state index in [1.165, 1.54) is 5.56 Å². The lowest BCUT2D eigenvalue weighted by molar-refractivity contribution is 0.140. The molecule has 0 fully saturated rings. The fourth-order valence-corrected chi connectivity index (χ4v) is 2.73. The second-order valence-corrected chi connectivity index (χ2v) is 5.57. The lowest BCUT2D eigenvalue weighted by Crippen LogP contribution is -2.30. The standard InChI is InChI=1S/C18H21NO2/c1-13-18(20)17-8-7-16(11-15(17)9-10-19-13)21-12-14-5-3-2-4-6-14/h2-8,11,13,18-20H,9-10,12H2,1H3/t13-,18+/m0/s1. The van der Waals surface area contributed by atoms with Crippen LogP contribution in [0.25, 0.3) is 0 Å². The van der Waals surface area contributed by atoms with E-state index in [4.69, 9.17) is 4.74 Å². The van der Waals surface area contributed by atoms with Gasteiger partial charge in [-0.25, -0.2) is 0 Å². The van der Waals surface area contributed by atoms with E-state index < -0.39 is 6.10 Å². The number of nitrogens with one attached hydrogen (secondary N) is 1. The first-order valence-electron chi connectivity index (χ1n) is 7.45. The van der Waals surface area contributed by atoms with Gasteiger partial charge in [0.15, 0.2) is 0 Å². The number of hydrogen-bond donors (Lipinski definition) is 2. The summed E-state index contributed by atoms with van der Waals surface area (Å²) in [5.74, 6) is 0.861. The van der Waals surface area contributed by atoms with E-state index >= 15 is 0 Å². The van der Waals surface area contributed by atoms with Crippen molar-refractivity contribution in [2.24, 2.45) is 0 Å². The maximum atomic E-state index is 10.3. The van der Waals surface area contributed by atoms with Crippen molar-refractivity contribution in [1.29, 1.82) is 0 Å². The maximum Gasteiger partial charge on any atom is 0.120 e. The third kappa shape index (κ3) is 3.26. The number of aliphatic hydroxyl groups is 1. The molecule has 0 unspecified atom stereocenters. The maximum absolute atomic E-state index is 10.3. The number of aliphatic hydroxyl groups excluding tert-OH is 1. The Morgan fingerprint density at radius 3 is 2.81 bits per heavy atom. The summed E-state index contributed by atoms with van der Waals surface area (Å²) >= 11 is 0. The Morgan fingerprint density at radius 1 is 1.19 bits per heavy atom. The molecule has 2 aromatic carbocycles. The summed E-state index contributed by atoms with van der Waals surface area (Å²) in [6.07, 6.45) is 0.463. The zero-order valence-electron chi connectivity index (χ0n) is 12.3. The monoisotopic (exact) mass is 283 g/mol. The number of hydrogen-bond acceptors (Lipinski definition) is 3. The lowest BCUT2D eigenvalue weighted by atomic mass is 9.98. The van der Waals surface area contributed by atoms with Gasteiger partial charge in [0.2, 0.25) is 0 Å². The predicted molar refractivity (Wildman–Crippen MR) is 83.3 cm³/mol. The zero-order valence-corrected chi connectivity index (χ0v) is 12.3. The molecular formula is C18H21NO2. The molecular weight excluding hydrogens is 262 g/mol. The largest absolute Gasteiger partial charge is 0.489 e. The van der Waals surface area contributed by atoms with Crippen LogP contribution in [0.5, 0.6) is 5.75 Å². The molecule has 2 aromatic rings. The second kappa shape index (κ2) is 6.29. The Morgan fingerprint density at radius 2 is 2.00 bits per heavy atom. The van der Waals surface area contributed by atoms with Crippen molar-refractivity contribution in [3.63, 3.8) is 0 Å². The van der Waals surface area contributed by atoms with Crippen LogP contribution in [0, 0.1) is 0 Å². The van der Waals surface area contributed by atoms with Crippen LogP contribution in [-0.4, -0.2) is 17.7 Å². The van der Waals surface area contributed by atoms with Crippen molar-refractivity contribution in [3.05, 3.63) is 65.2 Å². The van der Waals surface area contributed by atoms with Crippen LogP contribution in [-0.2, 0) is 13.0 Å². The molecule has 0 spiro atoms. The zero-order chi connectivity index (χ0) is 14.7. The van der Waals surface area contributed by atoms with E-state index in [1.807, 2.05) is 37.3 Å². The van der Waals surface area contributed by atoms with Gasteiger partial charge in [0, 0.05) is 6.04 Å². The van der Waals surface area contributed by atoms with E-state index in [-0.39, 0.29) is 6.04 Å². The van der Waals surface area contributed by atoms with Crippen LogP contribution in [0.4, 0.5) is 0 Å². The van der Waals surface area contributed by atoms with Crippen LogP contribution in [0.2, 0.25) is 0 Å². The Bertz CT molecular complexity index is 597. The quantitative estimate of drug-likeness (QED) is 0.910. The van der Waals surface area contributed by atoms with Crippen molar-refractivity contribution in [2.75, 3.05) is 6.54 Å². The van der Waals surface area contributed by atoms with Gasteiger partial charge >= 0.3 is 0 Å². The molecule has 0 bridgehead atoms. The third-order valence-corrected chi connectivity index (χ3v) is 4.02. The van der Waals surface area contributed by atoms with Gasteiger partial charge in [0.05, 0.1) is 6.10 Å². The average Bonchev–Trinajstić information content (AvgIpc) is 2.66. The Labute approximate surface area is 125 Å². The molecule has 3 heteroatoms. The van der Waals surface area contributed by atoms with Gasteiger partial charge in [-0.05, 0) is 48.7 Å². The molecule has 2 N–H and O–H groups in total. The van der Waals surface area contributed by atoms with Crippen LogP contribution in [0.1, 0.15) is 29.7 Å². The summed E-state index contributed by atoms with van der Waals surface area (Å²) in [7, 11) is 0. The second-order valence-electron chi connectivity index (χ2n) is 5.57. The third-order valence-electron chi connectivity index (χ3n) is 4.02. The van der Waals surface area contributed by atoms with Crippen molar-refractivity contribution >= 4 is 0 Å². The fraction of sp³-hybridized carbons (Fsp3) is 0.333. The molecule has 21 heavy (non-hydrogen) atoms. The fourth-order valence-electron chi connectivity index (χ4n) is 2.73. The Hall–Kier alpha value is -1.84. The SMILES string of the molecule is C[C@@H]1NCCc2cc(OCc3ccccc3)ccc2[C@@H]1O. The molecule has 0 aliphatic carbocycles. The van der Waals surface area contributed by atoms with Crippen LogP contribution in [0.3, 0.4) is 0 Å². The van der Waals surface area contributed by atoms with Crippen LogP contribution < -0.4 is 10.1 Å². The number of benzene rings is 2. The van der Waals surface area contributed by atoms with Crippen LogP contribution in [0.15, 0.2) is 48.5 Å². The van der Waals surface area contributed by atoms with Crippen molar-refractivity contribution < 1.29 is 9.84 Å². The highest BCUT2D eigenvalue weighted by Crippen LogP contribution is 2.28. The molecule has 3 rings (SSSR count). The van der Waals surface area contributed by atoms with E-state index in [2.05, 4.69) is 23.5 Å². The summed E-state index contributed by atoms with van der Waals surface area (Å²) in [6.45, 7) is 3.46. The molecule has 1 aliphatic rings. The minimum Gasteiger partial charge on any atom is -0.489 e. The normalized spacial score (nSPS) is 21.4. The molecule has 0 saturated heterocycles. The first-order chi connectivity index (χ1) is 10.2. The molecule has 0 aromatic heterocycles. The van der Waals surface area contributed by atoms with Gasteiger partial charge in [0.25, 0.3) is 0 Å². The summed E-state index contributed by atoms with van der Waals surface area (Å²) < 4.78 is 5.86. The molecule has 0 radical (unpaired) electrons. The van der Waals surface area contributed by atoms with E-state index in [1.54, 1.807) is 0 Å². The predicted octanol–water partition coefficient (Wildman–Crippen LogP) is 2.83. The minimum absolute atomic E-state index is 0.0855. The number of ether oxygens (including phenoxy) is 1. The Kier molecular flexibility index (Phi) is 4.23. The van der Waals surface area contributed by atoms with Crippen LogP contribution >= 0.6 is 0 Å². The summed E-state index contributed by atoms with van der Waals surface area (Å²) in [6, 6.07) is 16.2. The molecule has 3 nitrogen and oxygen atoms in total. The number of rotatable bonds is 3. The average molecular weight is 283 g/mol. The van der Waals surface area contributed by atoms with Gasteiger partial charge in [-0.2, -0.15) is 0 Å². The van der Waals surface area contributed by atoms with E-state index in [9.17, 15) is 5.11 Å². The van der Waals surface area contributed by atoms with Gasteiger partial charge < -0.3 is 15.2 Å². The number of fused-ring (bicyclic) bond motifs is 1. The first kappa shape index (κ1) is 14.1. The molecule has 1 aliphatic heterocycles.